The Morgan fingerprint density at radius 3 is 2.71 bits per heavy atom. The lowest BCUT2D eigenvalue weighted by molar-refractivity contribution is -0.170. The van der Waals surface area contributed by atoms with Crippen LogP contribution < -0.4 is 10.2 Å². The molecule has 7 nitrogen and oxygen atoms in total. The van der Waals surface area contributed by atoms with Gasteiger partial charge in [-0.1, -0.05) is 18.2 Å². The number of hydrogen-bond donors (Lipinski definition) is 1. The molecule has 1 saturated heterocycles. The number of benzene rings is 2. The summed E-state index contributed by atoms with van der Waals surface area (Å²) in [5.41, 5.74) is -0.218. The van der Waals surface area contributed by atoms with Crippen molar-refractivity contribution in [3.05, 3.63) is 84.3 Å². The van der Waals surface area contributed by atoms with Crippen LogP contribution in [0.4, 0.5) is 14.5 Å². The van der Waals surface area contributed by atoms with Crippen LogP contribution in [-0.2, 0) is 19.1 Å². The quantitative estimate of drug-likeness (QED) is 0.344. The van der Waals surface area contributed by atoms with Gasteiger partial charge in [-0.15, -0.1) is 0 Å². The number of rotatable bonds is 7. The first-order valence-corrected chi connectivity index (χ1v) is 12.9. The molecule has 38 heavy (non-hydrogen) atoms. The van der Waals surface area contributed by atoms with E-state index in [1.807, 2.05) is 58.7 Å². The van der Waals surface area contributed by atoms with E-state index in [1.165, 1.54) is 4.90 Å². The van der Waals surface area contributed by atoms with Crippen molar-refractivity contribution in [3.8, 4) is 0 Å². The summed E-state index contributed by atoms with van der Waals surface area (Å²) < 4.78 is 34.6. The number of carbonyl (C=O) groups excluding carboxylic acids is 3. The Labute approximate surface area is 222 Å². The monoisotopic (exact) mass is 537 g/mol. The summed E-state index contributed by atoms with van der Waals surface area (Å²) in [6.07, 6.45) is 2.32. The van der Waals surface area contributed by atoms with E-state index in [0.717, 1.165) is 34.9 Å². The number of nitrogens with zero attached hydrogens (tertiary/aromatic N) is 2. The largest absolute Gasteiger partial charge is 0.439 e. The minimum atomic E-state index is -2.06. The summed E-state index contributed by atoms with van der Waals surface area (Å²) >= 11 is 1.56. The van der Waals surface area contributed by atoms with Crippen molar-refractivity contribution in [1.29, 1.82) is 0 Å². The molecule has 2 heterocycles. The van der Waals surface area contributed by atoms with E-state index in [9.17, 15) is 23.2 Å². The lowest BCUT2D eigenvalue weighted by Gasteiger charge is -2.27. The molecular weight excluding hydrogens is 512 g/mol. The number of allylic oxidation sites excluding steroid dienone is 3. The summed E-state index contributed by atoms with van der Waals surface area (Å²) in [6.45, 7) is 1.11. The molecule has 2 amide bonds. The Morgan fingerprint density at radius 1 is 1.18 bits per heavy atom. The second kappa shape index (κ2) is 10.4. The van der Waals surface area contributed by atoms with E-state index in [0.29, 0.717) is 11.3 Å². The number of aromatic nitrogens is 1. The molecule has 0 bridgehead atoms. The standard InChI is InChI=1S/C28H25F2N3O4S/c1-18(34)37-28(26(35)31-17-19-13-21(29)16-22(30)14-19)10-12-32(27(28)36)23-7-8-25-20(15-23)9-11-33(25)38-24-5-3-2-4-6-24/h2-9,11,13,15-16,22H,10,12,14,17H2,1H3,(H,31,35). The summed E-state index contributed by atoms with van der Waals surface area (Å²) in [5.74, 6) is -3.00. The van der Waals surface area contributed by atoms with Crippen LogP contribution in [-0.4, -0.2) is 46.6 Å². The molecule has 1 N–H and O–H groups in total. The third-order valence-corrected chi connectivity index (χ3v) is 7.47. The van der Waals surface area contributed by atoms with Gasteiger partial charge in [0, 0.05) is 55.0 Å². The van der Waals surface area contributed by atoms with E-state index in [-0.39, 0.29) is 25.9 Å². The van der Waals surface area contributed by atoms with Crippen LogP contribution in [0.5, 0.6) is 0 Å². The Bertz CT molecular complexity index is 1470. The number of fused-ring (bicyclic) bond motifs is 1. The van der Waals surface area contributed by atoms with E-state index in [1.54, 1.807) is 18.0 Å². The predicted molar refractivity (Wildman–Crippen MR) is 141 cm³/mol. The first kappa shape index (κ1) is 25.7. The van der Waals surface area contributed by atoms with Crippen molar-refractivity contribution >= 4 is 46.3 Å². The predicted octanol–water partition coefficient (Wildman–Crippen LogP) is 4.87. The molecule has 0 spiro atoms. The Balaban J connectivity index is 1.35. The van der Waals surface area contributed by atoms with Gasteiger partial charge in [0.25, 0.3) is 17.4 Å². The van der Waals surface area contributed by atoms with Gasteiger partial charge in [-0.25, -0.2) is 8.78 Å². The molecule has 1 aliphatic carbocycles. The van der Waals surface area contributed by atoms with E-state index in [2.05, 4.69) is 5.32 Å². The highest BCUT2D eigenvalue weighted by molar-refractivity contribution is 7.98. The normalized spacial score (nSPS) is 21.3. The van der Waals surface area contributed by atoms with Crippen molar-refractivity contribution in [2.45, 2.75) is 36.4 Å². The van der Waals surface area contributed by atoms with E-state index in [4.69, 9.17) is 4.74 Å². The first-order valence-electron chi connectivity index (χ1n) is 12.1. The van der Waals surface area contributed by atoms with Crippen LogP contribution in [0.2, 0.25) is 0 Å². The van der Waals surface area contributed by atoms with Crippen LogP contribution in [0, 0.1) is 0 Å². The van der Waals surface area contributed by atoms with Gasteiger partial charge in [-0.3, -0.25) is 18.4 Å². The van der Waals surface area contributed by atoms with Gasteiger partial charge >= 0.3 is 5.97 Å². The lowest BCUT2D eigenvalue weighted by atomic mass is 9.99. The zero-order valence-corrected chi connectivity index (χ0v) is 21.3. The molecular formula is C28H25F2N3O4S. The SMILES string of the molecule is CC(=O)OC1(C(=O)NCC2=CC(F)=CC(F)C2)CCN(c2ccc3c(ccn3Sc3ccccc3)c2)C1=O. The van der Waals surface area contributed by atoms with Crippen molar-refractivity contribution in [2.75, 3.05) is 18.0 Å². The van der Waals surface area contributed by atoms with Gasteiger partial charge in [0.15, 0.2) is 0 Å². The maximum absolute atomic E-state index is 13.7. The van der Waals surface area contributed by atoms with E-state index < -0.39 is 35.4 Å². The molecule has 3 aromatic rings. The Kier molecular flexibility index (Phi) is 7.07. The Morgan fingerprint density at radius 2 is 1.97 bits per heavy atom. The van der Waals surface area contributed by atoms with Crippen molar-refractivity contribution in [3.63, 3.8) is 0 Å². The van der Waals surface area contributed by atoms with Gasteiger partial charge in [0.05, 0.1) is 5.52 Å². The molecule has 10 heteroatoms. The molecule has 0 saturated carbocycles. The highest BCUT2D eigenvalue weighted by Crippen LogP contribution is 2.35. The number of ether oxygens (including phenoxy) is 1. The summed E-state index contributed by atoms with van der Waals surface area (Å²) in [6, 6.07) is 17.4. The fourth-order valence-electron chi connectivity index (χ4n) is 4.73. The molecule has 5 rings (SSSR count). The fourth-order valence-corrected chi connectivity index (χ4v) is 5.62. The topological polar surface area (TPSA) is 80.6 Å². The molecule has 0 radical (unpaired) electrons. The van der Waals surface area contributed by atoms with Crippen LogP contribution in [0.1, 0.15) is 19.8 Å². The van der Waals surface area contributed by atoms with Gasteiger partial charge in [0.2, 0.25) is 0 Å². The number of amides is 2. The zero-order valence-electron chi connectivity index (χ0n) is 20.5. The zero-order chi connectivity index (χ0) is 26.9. The molecule has 1 fully saturated rings. The van der Waals surface area contributed by atoms with Crippen LogP contribution in [0.15, 0.2) is 89.2 Å². The summed E-state index contributed by atoms with van der Waals surface area (Å²) in [7, 11) is 0. The third kappa shape index (κ3) is 5.08. The molecule has 196 valence electrons. The number of nitrogens with one attached hydrogen (secondary N) is 1. The minimum absolute atomic E-state index is 0.0563. The first-order chi connectivity index (χ1) is 18.2. The second-order valence-corrected chi connectivity index (χ2v) is 10.2. The molecule has 1 aliphatic heterocycles. The van der Waals surface area contributed by atoms with Crippen LogP contribution in [0.3, 0.4) is 0 Å². The number of anilines is 1. The second-order valence-electron chi connectivity index (χ2n) is 9.17. The summed E-state index contributed by atoms with van der Waals surface area (Å²) in [5, 5.41) is 3.44. The van der Waals surface area contributed by atoms with Crippen molar-refractivity contribution < 1.29 is 27.9 Å². The molecule has 2 atom stereocenters. The average molecular weight is 538 g/mol. The smallest absolute Gasteiger partial charge is 0.304 e. The fraction of sp³-hybridized carbons (Fsp3) is 0.250. The highest BCUT2D eigenvalue weighted by atomic mass is 32.2. The highest BCUT2D eigenvalue weighted by Gasteiger charge is 2.56. The average Bonchev–Trinajstić information content (AvgIpc) is 3.43. The molecule has 2 aromatic carbocycles. The van der Waals surface area contributed by atoms with Crippen LogP contribution >= 0.6 is 11.9 Å². The van der Waals surface area contributed by atoms with Crippen molar-refractivity contribution in [1.82, 2.24) is 9.29 Å². The third-order valence-electron chi connectivity index (χ3n) is 6.47. The summed E-state index contributed by atoms with van der Waals surface area (Å²) in [4.78, 5) is 41.2. The van der Waals surface area contributed by atoms with Crippen LogP contribution in [0.25, 0.3) is 10.9 Å². The molecule has 1 aromatic heterocycles. The number of hydrogen-bond acceptors (Lipinski definition) is 5. The van der Waals surface area contributed by atoms with Gasteiger partial charge in [-0.05, 0) is 66.1 Å². The molecule has 2 unspecified atom stereocenters. The van der Waals surface area contributed by atoms with E-state index >= 15 is 0 Å². The number of esters is 1. The van der Waals surface area contributed by atoms with Gasteiger partial charge < -0.3 is 15.0 Å². The molecule has 2 aliphatic rings. The van der Waals surface area contributed by atoms with Gasteiger partial charge in [-0.2, -0.15) is 0 Å². The minimum Gasteiger partial charge on any atom is -0.439 e. The maximum Gasteiger partial charge on any atom is 0.304 e. The number of alkyl halides is 1. The lowest BCUT2D eigenvalue weighted by Crippen LogP contribution is -2.55. The number of halogens is 2. The Hall–Kier alpha value is -3.92. The number of carbonyl (C=O) groups is 3. The maximum atomic E-state index is 13.7. The van der Waals surface area contributed by atoms with Crippen molar-refractivity contribution in [2.24, 2.45) is 0 Å². The van der Waals surface area contributed by atoms with Gasteiger partial charge in [0.1, 0.15) is 12.0 Å².